The van der Waals surface area contributed by atoms with E-state index < -0.39 is 11.7 Å². The number of carbonyl (C=O) groups excluding carboxylic acids is 2. The average molecular weight is 1010 g/mol. The van der Waals surface area contributed by atoms with Crippen LogP contribution in [0.1, 0.15) is 118 Å². The number of ether oxygens (including phenoxy) is 1. The predicted octanol–water partition coefficient (Wildman–Crippen LogP) is 13.3. The number of rotatable bonds is 14. The Morgan fingerprint density at radius 1 is 0.658 bits per heavy atom. The van der Waals surface area contributed by atoms with Gasteiger partial charge < -0.3 is 35.3 Å². The molecule has 8 aromatic rings. The fraction of sp³-hybridized carbons (Fsp3) is 0.262. The molecule has 2 amide bonds. The maximum absolute atomic E-state index is 14.0. The van der Waals surface area contributed by atoms with Gasteiger partial charge >= 0.3 is 11.7 Å². The number of aryl methyl sites for hydroxylation is 5. The third kappa shape index (κ3) is 9.37. The van der Waals surface area contributed by atoms with Crippen molar-refractivity contribution in [3.8, 4) is 22.3 Å². The van der Waals surface area contributed by atoms with E-state index >= 15 is 0 Å². The van der Waals surface area contributed by atoms with Crippen LogP contribution >= 0.6 is 0 Å². The number of aromatic nitrogens is 8. The summed E-state index contributed by atoms with van der Waals surface area (Å²) in [6, 6.07) is 29.8. The summed E-state index contributed by atoms with van der Waals surface area (Å²) in [6.07, 6.45) is 4.62. The van der Waals surface area contributed by atoms with E-state index in [1.807, 2.05) is 72.8 Å². The smallest absolute Gasteiger partial charge is 0.411 e. The molecule has 386 valence electrons. The van der Waals surface area contributed by atoms with Gasteiger partial charge in [-0.1, -0.05) is 94.4 Å². The van der Waals surface area contributed by atoms with Crippen LogP contribution in [0.5, 0.6) is 0 Å². The van der Waals surface area contributed by atoms with Crippen LogP contribution in [0, 0.1) is 13.8 Å². The van der Waals surface area contributed by atoms with Crippen molar-refractivity contribution < 1.29 is 14.3 Å². The normalized spacial score (nSPS) is 12.5. The maximum atomic E-state index is 14.0. The lowest BCUT2D eigenvalue weighted by Crippen LogP contribution is -2.14. The number of nitrogens with one attached hydrogen (secondary N) is 5. The Morgan fingerprint density at radius 3 is 1.76 bits per heavy atom. The highest BCUT2D eigenvalue weighted by molar-refractivity contribution is 6.07. The van der Waals surface area contributed by atoms with Crippen LogP contribution in [-0.2, 0) is 35.5 Å². The van der Waals surface area contributed by atoms with Gasteiger partial charge in [-0.25, -0.2) is 19.7 Å². The molecule has 10 rings (SSSR count). The number of anilines is 3. The van der Waals surface area contributed by atoms with E-state index in [-0.39, 0.29) is 30.4 Å². The Kier molecular flexibility index (Phi) is 14.1. The molecule has 0 spiro atoms. The molecule has 7 N–H and O–H groups in total. The minimum atomic E-state index is -0.550. The van der Waals surface area contributed by atoms with Crippen molar-refractivity contribution >= 4 is 84.8 Å². The van der Waals surface area contributed by atoms with E-state index in [0.717, 1.165) is 143 Å². The zero-order valence-corrected chi connectivity index (χ0v) is 44.3. The van der Waals surface area contributed by atoms with Crippen molar-refractivity contribution in [2.75, 3.05) is 16.4 Å². The molecule has 7 heterocycles. The zero-order valence-electron chi connectivity index (χ0n) is 44.3. The van der Waals surface area contributed by atoms with Crippen LogP contribution in [0.3, 0.4) is 0 Å². The highest BCUT2D eigenvalue weighted by atomic mass is 16.5. The molecule has 15 nitrogen and oxygen atoms in total. The SMILES string of the molecule is CCC1=C(C)c2nc1cc1[nH]c(c(C)c1CC)c(-c1ccccc1NC(=O)OCc1ccccc1)c1[nH]c(cc3nc(c2-c2ccccc2NC(=O)CCCn2cnc4c(=O)nc(N)[nH]c42)C(C)=C3CC)c(CC)c1C. The monoisotopic (exact) mass is 1010 g/mol. The first-order valence-corrected chi connectivity index (χ1v) is 26.2. The zero-order chi connectivity index (χ0) is 53.4. The molecule has 0 saturated carbocycles. The lowest BCUT2D eigenvalue weighted by molar-refractivity contribution is -0.116. The van der Waals surface area contributed by atoms with Gasteiger partial charge in [0.25, 0.3) is 0 Å². The average Bonchev–Trinajstić information content (AvgIpc) is 4.25. The van der Waals surface area contributed by atoms with Gasteiger partial charge in [-0.2, -0.15) is 4.98 Å². The first-order valence-electron chi connectivity index (χ1n) is 26.2. The number of fused-ring (bicyclic) bond motifs is 9. The predicted molar refractivity (Wildman–Crippen MR) is 306 cm³/mol. The molecule has 15 heteroatoms. The second-order valence-corrected chi connectivity index (χ2v) is 19.4. The fourth-order valence-corrected chi connectivity index (χ4v) is 11.1. The number of aromatic amines is 3. The lowest BCUT2D eigenvalue weighted by atomic mass is 9.92. The Morgan fingerprint density at radius 2 is 1.20 bits per heavy atom. The van der Waals surface area contributed by atoms with Crippen molar-refractivity contribution in [3.05, 3.63) is 158 Å². The molecule has 0 unspecified atom stereocenters. The number of imidazole rings is 1. The first kappa shape index (κ1) is 50.7. The van der Waals surface area contributed by atoms with Gasteiger partial charge in [-0.05, 0) is 134 Å². The molecule has 0 atom stereocenters. The molecule has 2 aliphatic rings. The highest BCUT2D eigenvalue weighted by Crippen LogP contribution is 2.46. The number of hydrogen-bond acceptors (Lipinski definition) is 9. The van der Waals surface area contributed by atoms with E-state index in [1.54, 1.807) is 10.9 Å². The van der Waals surface area contributed by atoms with E-state index in [0.29, 0.717) is 30.0 Å². The summed E-state index contributed by atoms with van der Waals surface area (Å²) in [5, 5.41) is 6.37. The topological polar surface area (TPSA) is 214 Å². The van der Waals surface area contributed by atoms with Crippen LogP contribution in [0.15, 0.2) is 102 Å². The highest BCUT2D eigenvalue weighted by Gasteiger charge is 2.28. The number of carbonyl (C=O) groups is 2. The van der Waals surface area contributed by atoms with Gasteiger partial charge in [0, 0.05) is 51.9 Å². The molecule has 3 aromatic carbocycles. The molecule has 0 saturated heterocycles. The van der Waals surface area contributed by atoms with Crippen molar-refractivity contribution in [2.45, 2.75) is 107 Å². The van der Waals surface area contributed by atoms with Crippen LogP contribution in [0.4, 0.5) is 22.1 Å². The number of hydrogen-bond donors (Lipinski definition) is 6. The van der Waals surface area contributed by atoms with Gasteiger partial charge in [0.1, 0.15) is 12.3 Å². The van der Waals surface area contributed by atoms with Crippen molar-refractivity contribution in [2.24, 2.45) is 0 Å². The third-order valence-corrected chi connectivity index (χ3v) is 14.9. The van der Waals surface area contributed by atoms with Gasteiger partial charge in [0.15, 0.2) is 5.52 Å². The number of benzene rings is 3. The Bertz CT molecular complexity index is 3810. The maximum Gasteiger partial charge on any atom is 0.411 e. The van der Waals surface area contributed by atoms with Gasteiger partial charge in [0.05, 0.1) is 45.8 Å². The number of para-hydroxylation sites is 2. The molecule has 0 fully saturated rings. The molecule has 8 bridgehead atoms. The van der Waals surface area contributed by atoms with Gasteiger partial charge in [0.2, 0.25) is 11.9 Å². The van der Waals surface area contributed by atoms with E-state index in [1.165, 1.54) is 0 Å². The van der Waals surface area contributed by atoms with Crippen LogP contribution in [0.25, 0.3) is 77.8 Å². The van der Waals surface area contributed by atoms with Crippen molar-refractivity contribution in [1.82, 2.24) is 39.5 Å². The fourth-order valence-electron chi connectivity index (χ4n) is 11.1. The summed E-state index contributed by atoms with van der Waals surface area (Å²) in [5.41, 5.74) is 27.3. The van der Waals surface area contributed by atoms with Crippen molar-refractivity contribution in [3.63, 3.8) is 0 Å². The van der Waals surface area contributed by atoms with Crippen molar-refractivity contribution in [1.29, 1.82) is 0 Å². The molecule has 2 aliphatic heterocycles. The number of nitrogens with two attached hydrogens (primary N) is 1. The summed E-state index contributed by atoms with van der Waals surface area (Å²) in [7, 11) is 0. The third-order valence-electron chi connectivity index (χ3n) is 14.9. The molecule has 0 aliphatic carbocycles. The minimum Gasteiger partial charge on any atom is -0.444 e. The van der Waals surface area contributed by atoms with Gasteiger partial charge in [-0.15, -0.1) is 0 Å². The second kappa shape index (κ2) is 21.2. The van der Waals surface area contributed by atoms with Crippen LogP contribution < -0.4 is 21.9 Å². The number of H-pyrrole nitrogens is 3. The van der Waals surface area contributed by atoms with Gasteiger partial charge in [-0.3, -0.25) is 14.9 Å². The van der Waals surface area contributed by atoms with Crippen LogP contribution in [-0.4, -0.2) is 51.5 Å². The molecule has 0 radical (unpaired) electrons. The molecular formula is C61H63N11O4. The standard InChI is InChI=1S/C61H63N11O4/c1-9-38-33(5)53-51(42-23-16-18-25-44(42)64-50(73)27-20-28-72-32-63-57-58(72)70-60(62)71-59(57)74)54-34(6)39(10-2)47(66-54)30-49-41(12-4)36(8)56(68-49)52(55-35(7)40(11-3)48(67-55)29-46(38)65-53)43-24-17-19-26-45(43)69-61(75)76-31-37-21-14-13-15-22-37/h13-19,21-26,29-30,32,67-68H,9-12,20,27-28,31H2,1-8H3,(H,64,73)(H,69,75)(H3,62,70,71,74). The van der Waals surface area contributed by atoms with E-state index in [4.69, 9.17) is 20.4 Å². The molecular weight excluding hydrogens is 951 g/mol. The molecule has 5 aromatic heterocycles. The number of amides is 2. The number of allylic oxidation sites excluding steroid dienone is 4. The minimum absolute atomic E-state index is 0.00497. The first-order chi connectivity index (χ1) is 36.8. The summed E-state index contributed by atoms with van der Waals surface area (Å²) in [4.78, 5) is 70.0. The Labute approximate surface area is 440 Å². The summed E-state index contributed by atoms with van der Waals surface area (Å²) < 4.78 is 7.54. The van der Waals surface area contributed by atoms with E-state index in [2.05, 4.69) is 109 Å². The summed E-state index contributed by atoms with van der Waals surface area (Å²) in [5.74, 6) is -0.163. The largest absolute Gasteiger partial charge is 0.444 e. The summed E-state index contributed by atoms with van der Waals surface area (Å²) in [6.45, 7) is 17.8. The summed E-state index contributed by atoms with van der Waals surface area (Å²) >= 11 is 0. The molecule has 76 heavy (non-hydrogen) atoms. The number of nitrogen functional groups attached to an aromatic ring is 1. The lowest BCUT2D eigenvalue weighted by Gasteiger charge is -2.15. The van der Waals surface area contributed by atoms with Crippen LogP contribution in [0.2, 0.25) is 0 Å². The quantitative estimate of drug-likeness (QED) is 0.0610. The van der Waals surface area contributed by atoms with E-state index in [9.17, 15) is 14.4 Å². The Hall–Kier alpha value is -8.85. The number of nitrogens with zero attached hydrogens (tertiary/aromatic N) is 5. The Balaban J connectivity index is 1.17. The second-order valence-electron chi connectivity index (χ2n) is 19.4.